The minimum absolute atomic E-state index is 0.0646. The van der Waals surface area contributed by atoms with Gasteiger partial charge in [0.25, 0.3) is 5.91 Å². The largest absolute Gasteiger partial charge is 0.481 e. The van der Waals surface area contributed by atoms with Crippen molar-refractivity contribution in [3.05, 3.63) is 47.0 Å². The zero-order chi connectivity index (χ0) is 28.5. The van der Waals surface area contributed by atoms with E-state index in [9.17, 15) is 27.9 Å². The molecule has 0 saturated heterocycles. The number of ketones is 1. The number of sulfonamides is 1. The SMILES string of the molecule is CNC(=O)c1c(-c2ccc(C)cc2)oc2nc(N(CCCCC(C(C)=O)C(=O)O)S(C)(=O)=O)c(C3CC3)cc12. The molecule has 3 aromatic rings. The molecule has 11 heteroatoms. The first kappa shape index (κ1) is 28.3. The number of aryl methyl sites for hydroxylation is 1. The van der Waals surface area contributed by atoms with E-state index in [-0.39, 0.29) is 36.3 Å². The molecule has 0 radical (unpaired) electrons. The highest BCUT2D eigenvalue weighted by Crippen LogP contribution is 2.46. The van der Waals surface area contributed by atoms with Gasteiger partial charge in [0.05, 0.1) is 17.2 Å². The Hall–Kier alpha value is -3.73. The second-order valence-corrected chi connectivity index (χ2v) is 12.0. The van der Waals surface area contributed by atoms with Crippen LogP contribution in [0.2, 0.25) is 0 Å². The Morgan fingerprint density at radius 2 is 1.85 bits per heavy atom. The van der Waals surface area contributed by atoms with Crippen LogP contribution in [0.25, 0.3) is 22.4 Å². The molecule has 2 aromatic heterocycles. The number of carbonyl (C=O) groups excluding carboxylic acids is 2. The van der Waals surface area contributed by atoms with E-state index < -0.39 is 27.7 Å². The maximum Gasteiger partial charge on any atom is 0.314 e. The number of pyridine rings is 1. The Morgan fingerprint density at radius 1 is 1.18 bits per heavy atom. The van der Waals surface area contributed by atoms with Gasteiger partial charge in [-0.25, -0.2) is 8.42 Å². The summed E-state index contributed by atoms with van der Waals surface area (Å²) >= 11 is 0. The maximum absolute atomic E-state index is 13.0. The summed E-state index contributed by atoms with van der Waals surface area (Å²) in [7, 11) is -2.23. The number of Topliss-reactive ketones (excluding diaryl/α,β-unsaturated/α-hetero) is 1. The van der Waals surface area contributed by atoms with Crippen molar-refractivity contribution in [2.24, 2.45) is 5.92 Å². The first-order valence-corrected chi connectivity index (χ1v) is 14.7. The highest BCUT2D eigenvalue weighted by atomic mass is 32.2. The lowest BCUT2D eigenvalue weighted by molar-refractivity contribution is -0.146. The summed E-state index contributed by atoms with van der Waals surface area (Å²) < 4.78 is 33.2. The van der Waals surface area contributed by atoms with Crippen molar-refractivity contribution in [3.8, 4) is 11.3 Å². The normalized spacial score (nSPS) is 14.3. The minimum Gasteiger partial charge on any atom is -0.481 e. The van der Waals surface area contributed by atoms with E-state index in [0.29, 0.717) is 35.1 Å². The Labute approximate surface area is 227 Å². The van der Waals surface area contributed by atoms with Crippen molar-refractivity contribution in [2.45, 2.75) is 51.9 Å². The predicted molar refractivity (Wildman–Crippen MR) is 147 cm³/mol. The lowest BCUT2D eigenvalue weighted by Crippen LogP contribution is -2.32. The van der Waals surface area contributed by atoms with Gasteiger partial charge >= 0.3 is 5.97 Å². The number of rotatable bonds is 12. The number of furan rings is 1. The maximum atomic E-state index is 13.0. The number of carboxylic acids is 1. The molecule has 208 valence electrons. The molecule has 4 rings (SSSR count). The first-order valence-electron chi connectivity index (χ1n) is 12.9. The summed E-state index contributed by atoms with van der Waals surface area (Å²) in [6.45, 7) is 3.26. The molecule has 1 amide bonds. The van der Waals surface area contributed by atoms with Crippen molar-refractivity contribution < 1.29 is 32.3 Å². The Morgan fingerprint density at radius 3 is 2.38 bits per heavy atom. The van der Waals surface area contributed by atoms with Crippen LogP contribution in [0, 0.1) is 12.8 Å². The number of fused-ring (bicyclic) bond motifs is 1. The van der Waals surface area contributed by atoms with Crippen LogP contribution >= 0.6 is 0 Å². The van der Waals surface area contributed by atoms with E-state index in [1.807, 2.05) is 37.3 Å². The minimum atomic E-state index is -3.76. The summed E-state index contributed by atoms with van der Waals surface area (Å²) in [4.78, 5) is 40.6. The second-order valence-electron chi connectivity index (χ2n) is 10.1. The van der Waals surface area contributed by atoms with Crippen LogP contribution < -0.4 is 9.62 Å². The number of aliphatic carboxylic acids is 1. The molecule has 1 atom stereocenters. The van der Waals surface area contributed by atoms with Crippen LogP contribution in [0.3, 0.4) is 0 Å². The molecule has 0 aliphatic heterocycles. The topological polar surface area (TPSA) is 147 Å². The van der Waals surface area contributed by atoms with Crippen molar-refractivity contribution in [2.75, 3.05) is 24.2 Å². The number of nitrogens with one attached hydrogen (secondary N) is 1. The number of hydrogen-bond donors (Lipinski definition) is 2. The number of benzene rings is 1. The van der Waals surface area contributed by atoms with Gasteiger partial charge in [0.2, 0.25) is 15.7 Å². The molecule has 2 heterocycles. The zero-order valence-electron chi connectivity index (χ0n) is 22.5. The third-order valence-electron chi connectivity index (χ3n) is 7.01. The van der Waals surface area contributed by atoms with E-state index in [0.717, 1.165) is 30.2 Å². The Balaban J connectivity index is 1.76. The number of nitrogens with zero attached hydrogens (tertiary/aromatic N) is 2. The van der Waals surface area contributed by atoms with E-state index in [4.69, 9.17) is 4.42 Å². The summed E-state index contributed by atoms with van der Waals surface area (Å²) in [5.74, 6) is -2.35. The number of aromatic nitrogens is 1. The smallest absolute Gasteiger partial charge is 0.314 e. The summed E-state index contributed by atoms with van der Waals surface area (Å²) in [5.41, 5.74) is 2.97. The molecule has 1 saturated carbocycles. The van der Waals surface area contributed by atoms with Gasteiger partial charge in [-0.15, -0.1) is 0 Å². The van der Waals surface area contributed by atoms with Gasteiger partial charge in [-0.1, -0.05) is 36.2 Å². The van der Waals surface area contributed by atoms with Gasteiger partial charge in [-0.3, -0.25) is 18.7 Å². The number of carboxylic acid groups (broad SMARTS) is 1. The fourth-order valence-corrected chi connectivity index (χ4v) is 5.64. The van der Waals surface area contributed by atoms with E-state index >= 15 is 0 Å². The lowest BCUT2D eigenvalue weighted by atomic mass is 9.98. The van der Waals surface area contributed by atoms with Gasteiger partial charge in [0.15, 0.2) is 0 Å². The van der Waals surface area contributed by atoms with Crippen LogP contribution in [0.15, 0.2) is 34.7 Å². The monoisotopic (exact) mass is 555 g/mol. The van der Waals surface area contributed by atoms with Crippen LogP contribution in [0.5, 0.6) is 0 Å². The highest BCUT2D eigenvalue weighted by Gasteiger charge is 2.34. The molecule has 0 bridgehead atoms. The quantitative estimate of drug-likeness (QED) is 0.249. The van der Waals surface area contributed by atoms with Crippen molar-refractivity contribution >= 4 is 44.6 Å². The van der Waals surface area contributed by atoms with Gasteiger partial charge in [-0.05, 0) is 57.1 Å². The number of carbonyl (C=O) groups is 3. The molecule has 2 N–H and O–H groups in total. The van der Waals surface area contributed by atoms with Gasteiger partial charge < -0.3 is 14.8 Å². The average molecular weight is 556 g/mol. The van der Waals surface area contributed by atoms with E-state index in [1.165, 1.54) is 18.3 Å². The molecule has 1 aliphatic rings. The molecule has 1 fully saturated rings. The fraction of sp³-hybridized carbons (Fsp3) is 0.429. The van der Waals surface area contributed by atoms with Crippen LogP contribution in [-0.2, 0) is 19.6 Å². The van der Waals surface area contributed by atoms with E-state index in [1.54, 1.807) is 0 Å². The third kappa shape index (κ3) is 6.13. The van der Waals surface area contributed by atoms with Crippen LogP contribution in [-0.4, -0.2) is 56.0 Å². The number of anilines is 1. The predicted octanol–water partition coefficient (Wildman–Crippen LogP) is 4.27. The molecule has 10 nitrogen and oxygen atoms in total. The van der Waals surface area contributed by atoms with E-state index in [2.05, 4.69) is 10.3 Å². The molecule has 1 aromatic carbocycles. The average Bonchev–Trinajstić information content (AvgIpc) is 3.64. The number of amides is 1. The Kier molecular flexibility index (Phi) is 8.10. The van der Waals surface area contributed by atoms with Crippen molar-refractivity contribution in [1.82, 2.24) is 10.3 Å². The molecule has 1 aliphatic carbocycles. The Bertz CT molecular complexity index is 1510. The van der Waals surface area contributed by atoms with Crippen LogP contribution in [0.4, 0.5) is 5.82 Å². The highest BCUT2D eigenvalue weighted by molar-refractivity contribution is 7.92. The summed E-state index contributed by atoms with van der Waals surface area (Å²) in [6.07, 6.45) is 3.65. The first-order chi connectivity index (χ1) is 18.4. The number of hydrogen-bond acceptors (Lipinski definition) is 7. The molecule has 39 heavy (non-hydrogen) atoms. The second kappa shape index (κ2) is 11.2. The molecule has 0 spiro atoms. The van der Waals surface area contributed by atoms with Gasteiger partial charge in [0, 0.05) is 19.2 Å². The molecular weight excluding hydrogens is 522 g/mol. The lowest BCUT2D eigenvalue weighted by Gasteiger charge is -2.24. The van der Waals surface area contributed by atoms with Crippen LogP contribution in [0.1, 0.15) is 66.4 Å². The molecule has 1 unspecified atom stereocenters. The summed E-state index contributed by atoms with van der Waals surface area (Å²) in [5, 5.41) is 12.4. The molecular formula is C28H33N3O7S. The van der Waals surface area contributed by atoms with Gasteiger partial charge in [0.1, 0.15) is 23.3 Å². The number of unbranched alkanes of at least 4 members (excludes halogenated alkanes) is 1. The fourth-order valence-electron chi connectivity index (χ4n) is 4.72. The standard InChI is InChI=1S/C28H33N3O7S/c1-16-8-10-19(11-9-16)24-23(26(33)29-3)22-15-21(18-12-13-18)25(30-27(22)38-24)31(39(4,36)37)14-6-5-7-20(17(2)32)28(34)35/h8-11,15,18,20H,5-7,12-14H2,1-4H3,(H,29,33)(H,34,35). The zero-order valence-corrected chi connectivity index (χ0v) is 23.3. The summed E-state index contributed by atoms with van der Waals surface area (Å²) in [6, 6.07) is 9.36. The van der Waals surface area contributed by atoms with Crippen molar-refractivity contribution in [3.63, 3.8) is 0 Å². The van der Waals surface area contributed by atoms with Gasteiger partial charge in [-0.2, -0.15) is 4.98 Å². The third-order valence-corrected chi connectivity index (χ3v) is 8.16. The van der Waals surface area contributed by atoms with Crippen molar-refractivity contribution in [1.29, 1.82) is 0 Å².